The zero-order valence-electron chi connectivity index (χ0n) is 15.3. The molecule has 0 aromatic heterocycles. The normalized spacial score (nSPS) is 16.0. The van der Waals surface area contributed by atoms with Crippen molar-refractivity contribution in [3.63, 3.8) is 0 Å². The van der Waals surface area contributed by atoms with Crippen molar-refractivity contribution in [2.45, 2.75) is 6.42 Å². The molecular weight excluding hydrogens is 355 g/mol. The van der Waals surface area contributed by atoms with E-state index in [0.29, 0.717) is 11.5 Å². The number of anilines is 1. The Morgan fingerprint density at radius 2 is 1.75 bits per heavy atom. The van der Waals surface area contributed by atoms with Gasteiger partial charge in [0, 0.05) is 12.2 Å². The molecule has 1 atom stereocenters. The lowest BCUT2D eigenvalue weighted by molar-refractivity contribution is -0.119. The lowest BCUT2D eigenvalue weighted by atomic mass is 10.0. The van der Waals surface area contributed by atoms with Crippen LogP contribution in [0.3, 0.4) is 0 Å². The maximum atomic E-state index is 13.0. The first-order chi connectivity index (χ1) is 13.7. The lowest BCUT2D eigenvalue weighted by Crippen LogP contribution is -2.24. The van der Waals surface area contributed by atoms with E-state index in [1.165, 1.54) is 12.1 Å². The predicted octanol–water partition coefficient (Wildman–Crippen LogP) is 4.83. The number of hydrogen-bond acceptors (Lipinski definition) is 3. The standard InChI is InChI=1S/C23H21FN2O2/c24-19-6-10-21(11-7-19)28-22-3-1-2-17(14-22)16-4-8-20(9-5-16)26-23(27)18-12-13-25-15-18/h1-11,14,18,25H,12-13,15H2,(H,26,27). The van der Waals surface area contributed by atoms with Crippen LogP contribution < -0.4 is 15.4 Å². The van der Waals surface area contributed by atoms with Crippen LogP contribution in [0.4, 0.5) is 10.1 Å². The Bertz CT molecular complexity index is 949. The zero-order valence-corrected chi connectivity index (χ0v) is 15.3. The van der Waals surface area contributed by atoms with E-state index in [0.717, 1.165) is 36.3 Å². The van der Waals surface area contributed by atoms with Gasteiger partial charge in [0.25, 0.3) is 0 Å². The van der Waals surface area contributed by atoms with Gasteiger partial charge in [-0.1, -0.05) is 24.3 Å². The summed E-state index contributed by atoms with van der Waals surface area (Å²) in [6, 6.07) is 21.4. The minimum atomic E-state index is -0.294. The maximum Gasteiger partial charge on any atom is 0.228 e. The number of halogens is 1. The monoisotopic (exact) mass is 376 g/mol. The van der Waals surface area contributed by atoms with Crippen molar-refractivity contribution in [3.05, 3.63) is 78.6 Å². The lowest BCUT2D eigenvalue weighted by Gasteiger charge is -2.11. The molecule has 1 aliphatic rings. The van der Waals surface area contributed by atoms with Crippen LogP contribution in [0, 0.1) is 11.7 Å². The summed E-state index contributed by atoms with van der Waals surface area (Å²) in [7, 11) is 0. The van der Waals surface area contributed by atoms with Gasteiger partial charge in [-0.15, -0.1) is 0 Å². The van der Waals surface area contributed by atoms with Crippen molar-refractivity contribution in [1.29, 1.82) is 0 Å². The van der Waals surface area contributed by atoms with Gasteiger partial charge in [0.05, 0.1) is 5.92 Å². The zero-order chi connectivity index (χ0) is 19.3. The molecule has 3 aromatic carbocycles. The number of carbonyl (C=O) groups is 1. The van der Waals surface area contributed by atoms with E-state index in [4.69, 9.17) is 4.74 Å². The van der Waals surface area contributed by atoms with E-state index in [9.17, 15) is 9.18 Å². The SMILES string of the molecule is O=C(Nc1ccc(-c2cccc(Oc3ccc(F)cc3)c2)cc1)C1CCNC1. The molecule has 28 heavy (non-hydrogen) atoms. The largest absolute Gasteiger partial charge is 0.457 e. The Balaban J connectivity index is 1.45. The first-order valence-electron chi connectivity index (χ1n) is 9.33. The summed E-state index contributed by atoms with van der Waals surface area (Å²) in [6.07, 6.45) is 0.880. The minimum Gasteiger partial charge on any atom is -0.457 e. The minimum absolute atomic E-state index is 0.0416. The number of ether oxygens (including phenoxy) is 1. The second-order valence-corrected chi connectivity index (χ2v) is 6.84. The fourth-order valence-electron chi connectivity index (χ4n) is 3.25. The Morgan fingerprint density at radius 3 is 2.46 bits per heavy atom. The Labute approximate surface area is 163 Å². The van der Waals surface area contributed by atoms with Gasteiger partial charge in [0.1, 0.15) is 17.3 Å². The fourth-order valence-corrected chi connectivity index (χ4v) is 3.25. The van der Waals surface area contributed by atoms with Crippen LogP contribution in [0.25, 0.3) is 11.1 Å². The fraction of sp³-hybridized carbons (Fsp3) is 0.174. The second-order valence-electron chi connectivity index (χ2n) is 6.84. The Morgan fingerprint density at radius 1 is 0.964 bits per heavy atom. The van der Waals surface area contributed by atoms with Crippen LogP contribution in [0.15, 0.2) is 72.8 Å². The van der Waals surface area contributed by atoms with Crippen LogP contribution in [0.1, 0.15) is 6.42 Å². The average Bonchev–Trinajstić information content (AvgIpc) is 3.26. The summed E-state index contributed by atoms with van der Waals surface area (Å²) < 4.78 is 18.8. The van der Waals surface area contributed by atoms with Gasteiger partial charge >= 0.3 is 0 Å². The summed E-state index contributed by atoms with van der Waals surface area (Å²) in [5.41, 5.74) is 2.81. The third kappa shape index (κ3) is 4.38. The van der Waals surface area contributed by atoms with Crippen LogP contribution in [0.2, 0.25) is 0 Å². The van der Waals surface area contributed by atoms with Gasteiger partial charge in [-0.3, -0.25) is 4.79 Å². The molecule has 1 saturated heterocycles. The molecule has 3 aromatic rings. The molecule has 0 bridgehead atoms. The van der Waals surface area contributed by atoms with Gasteiger partial charge in [-0.25, -0.2) is 4.39 Å². The first kappa shape index (κ1) is 18.2. The molecule has 4 nitrogen and oxygen atoms in total. The highest BCUT2D eigenvalue weighted by Crippen LogP contribution is 2.28. The smallest absolute Gasteiger partial charge is 0.228 e. The van der Waals surface area contributed by atoms with Gasteiger partial charge in [0.2, 0.25) is 5.91 Å². The third-order valence-electron chi connectivity index (χ3n) is 4.80. The first-order valence-corrected chi connectivity index (χ1v) is 9.33. The van der Waals surface area contributed by atoms with Crippen molar-refractivity contribution < 1.29 is 13.9 Å². The summed E-state index contributed by atoms with van der Waals surface area (Å²) >= 11 is 0. The molecule has 1 heterocycles. The summed E-state index contributed by atoms with van der Waals surface area (Å²) in [4.78, 5) is 12.2. The van der Waals surface area contributed by atoms with Crippen molar-refractivity contribution in [2.75, 3.05) is 18.4 Å². The molecule has 0 spiro atoms. The Kier molecular flexibility index (Phi) is 5.35. The van der Waals surface area contributed by atoms with Gasteiger partial charge in [0.15, 0.2) is 0 Å². The molecule has 4 rings (SSSR count). The van der Waals surface area contributed by atoms with E-state index >= 15 is 0 Å². The van der Waals surface area contributed by atoms with Crippen molar-refractivity contribution in [3.8, 4) is 22.6 Å². The van der Waals surface area contributed by atoms with E-state index in [1.54, 1.807) is 12.1 Å². The average molecular weight is 376 g/mol. The van der Waals surface area contributed by atoms with Crippen molar-refractivity contribution in [2.24, 2.45) is 5.92 Å². The number of amides is 1. The van der Waals surface area contributed by atoms with Crippen LogP contribution in [-0.4, -0.2) is 19.0 Å². The molecule has 0 aliphatic carbocycles. The Hall–Kier alpha value is -3.18. The topological polar surface area (TPSA) is 50.4 Å². The van der Waals surface area contributed by atoms with Crippen LogP contribution in [0.5, 0.6) is 11.5 Å². The number of benzene rings is 3. The molecule has 5 heteroatoms. The van der Waals surface area contributed by atoms with E-state index in [-0.39, 0.29) is 17.6 Å². The van der Waals surface area contributed by atoms with Crippen molar-refractivity contribution >= 4 is 11.6 Å². The van der Waals surface area contributed by atoms with Gasteiger partial charge in [-0.2, -0.15) is 0 Å². The summed E-state index contributed by atoms with van der Waals surface area (Å²) in [6.45, 7) is 1.64. The molecule has 1 fully saturated rings. The van der Waals surface area contributed by atoms with Gasteiger partial charge in [-0.05, 0) is 72.6 Å². The highest BCUT2D eigenvalue weighted by molar-refractivity contribution is 5.93. The van der Waals surface area contributed by atoms with Gasteiger partial charge < -0.3 is 15.4 Å². The molecule has 0 saturated carbocycles. The second kappa shape index (κ2) is 8.23. The van der Waals surface area contributed by atoms with Crippen LogP contribution in [-0.2, 0) is 4.79 Å². The van der Waals surface area contributed by atoms with Crippen molar-refractivity contribution in [1.82, 2.24) is 5.32 Å². The molecule has 1 aliphatic heterocycles. The molecular formula is C23H21FN2O2. The molecule has 142 valence electrons. The molecule has 0 radical (unpaired) electrons. The highest BCUT2D eigenvalue weighted by Gasteiger charge is 2.22. The third-order valence-corrected chi connectivity index (χ3v) is 4.80. The summed E-state index contributed by atoms with van der Waals surface area (Å²) in [5.74, 6) is 1.07. The number of carbonyl (C=O) groups excluding carboxylic acids is 1. The molecule has 2 N–H and O–H groups in total. The van der Waals surface area contributed by atoms with E-state index in [2.05, 4.69) is 10.6 Å². The van der Waals surface area contributed by atoms with Crippen LogP contribution >= 0.6 is 0 Å². The molecule has 1 unspecified atom stereocenters. The highest BCUT2D eigenvalue weighted by atomic mass is 19.1. The predicted molar refractivity (Wildman–Crippen MR) is 108 cm³/mol. The number of nitrogens with one attached hydrogen (secondary N) is 2. The summed E-state index contributed by atoms with van der Waals surface area (Å²) in [5, 5.41) is 6.18. The number of rotatable bonds is 5. The van der Waals surface area contributed by atoms with E-state index in [1.807, 2.05) is 48.5 Å². The van der Waals surface area contributed by atoms with E-state index < -0.39 is 0 Å². The molecule has 1 amide bonds. The maximum absolute atomic E-state index is 13.0. The quantitative estimate of drug-likeness (QED) is 0.670. The number of hydrogen-bond donors (Lipinski definition) is 2.